The summed E-state index contributed by atoms with van der Waals surface area (Å²) in [6.07, 6.45) is 1.58. The van der Waals surface area contributed by atoms with Crippen molar-refractivity contribution in [1.29, 1.82) is 5.26 Å². The zero-order valence-corrected chi connectivity index (χ0v) is 21.2. The third kappa shape index (κ3) is 3.45. The number of carbonyl (C=O) groups excluding carboxylic acids is 1. The Morgan fingerprint density at radius 1 is 1.15 bits per heavy atom. The number of hydrogen-bond acceptors (Lipinski definition) is 7. The monoisotopic (exact) mass is 469 g/mol. The minimum absolute atomic E-state index is 0.125. The van der Waals surface area contributed by atoms with Gasteiger partial charge in [-0.25, -0.2) is 0 Å². The Kier molecular flexibility index (Phi) is 5.62. The molecule has 4 atom stereocenters. The molecule has 1 fully saturated rings. The maximum atomic E-state index is 13.1. The van der Waals surface area contributed by atoms with E-state index in [2.05, 4.69) is 39.9 Å². The SMILES string of the molecule is COc1ccc(C2c3occc3C(C#N)(O[Si](C)(C)C(C)(C)C)C3COC(=O)C23)cc1OC. The van der Waals surface area contributed by atoms with Gasteiger partial charge in [-0.05, 0) is 41.9 Å². The molecule has 4 unspecified atom stereocenters. The smallest absolute Gasteiger partial charge is 0.310 e. The van der Waals surface area contributed by atoms with E-state index >= 15 is 0 Å². The second-order valence-corrected chi connectivity index (χ2v) is 15.0. The van der Waals surface area contributed by atoms with Crippen molar-refractivity contribution in [3.63, 3.8) is 0 Å². The summed E-state index contributed by atoms with van der Waals surface area (Å²) in [5, 5.41) is 10.5. The lowest BCUT2D eigenvalue weighted by Gasteiger charge is -2.48. The van der Waals surface area contributed by atoms with Gasteiger partial charge in [0.1, 0.15) is 11.8 Å². The molecule has 4 rings (SSSR count). The highest BCUT2D eigenvalue weighted by atomic mass is 28.4. The van der Waals surface area contributed by atoms with E-state index in [9.17, 15) is 10.1 Å². The third-order valence-corrected chi connectivity index (χ3v) is 12.0. The van der Waals surface area contributed by atoms with Crippen molar-refractivity contribution in [3.05, 3.63) is 47.4 Å². The molecule has 1 aromatic carbocycles. The van der Waals surface area contributed by atoms with Crippen LogP contribution in [0.5, 0.6) is 11.5 Å². The molecule has 0 spiro atoms. The molecule has 2 aliphatic rings. The summed E-state index contributed by atoms with van der Waals surface area (Å²) in [5.74, 6) is -0.156. The molecule has 8 heteroatoms. The zero-order valence-electron chi connectivity index (χ0n) is 20.2. The lowest BCUT2D eigenvalue weighted by Crippen LogP contribution is -2.55. The van der Waals surface area contributed by atoms with Crippen molar-refractivity contribution >= 4 is 14.3 Å². The Balaban J connectivity index is 1.92. The lowest BCUT2D eigenvalue weighted by atomic mass is 9.63. The largest absolute Gasteiger partial charge is 0.493 e. The van der Waals surface area contributed by atoms with Crippen LogP contribution in [-0.2, 0) is 19.6 Å². The predicted molar refractivity (Wildman–Crippen MR) is 124 cm³/mol. The summed E-state index contributed by atoms with van der Waals surface area (Å²) in [4.78, 5) is 13.1. The first-order valence-corrected chi connectivity index (χ1v) is 14.0. The Morgan fingerprint density at radius 2 is 1.85 bits per heavy atom. The van der Waals surface area contributed by atoms with Crippen LogP contribution in [0.2, 0.25) is 18.1 Å². The van der Waals surface area contributed by atoms with Crippen molar-refractivity contribution in [2.24, 2.45) is 11.8 Å². The molecular formula is C25H31NO6Si. The van der Waals surface area contributed by atoms with E-state index in [4.69, 9.17) is 23.1 Å². The number of furan rings is 1. The minimum atomic E-state index is -2.41. The van der Waals surface area contributed by atoms with Crippen molar-refractivity contribution in [2.45, 2.75) is 50.4 Å². The van der Waals surface area contributed by atoms with Crippen LogP contribution in [0.25, 0.3) is 0 Å². The topological polar surface area (TPSA) is 90.9 Å². The van der Waals surface area contributed by atoms with Gasteiger partial charge in [0.25, 0.3) is 0 Å². The highest BCUT2D eigenvalue weighted by Crippen LogP contribution is 2.58. The van der Waals surface area contributed by atoms with Crippen LogP contribution >= 0.6 is 0 Å². The number of rotatable bonds is 5. The average molecular weight is 470 g/mol. The predicted octanol–water partition coefficient (Wildman–Crippen LogP) is 4.97. The summed E-state index contributed by atoms with van der Waals surface area (Å²) in [6, 6.07) is 9.83. The number of cyclic esters (lactones) is 1. The third-order valence-electron chi connectivity index (χ3n) is 7.52. The van der Waals surface area contributed by atoms with Crippen LogP contribution < -0.4 is 9.47 Å². The van der Waals surface area contributed by atoms with E-state index < -0.39 is 31.7 Å². The number of nitrogens with zero attached hydrogens (tertiary/aromatic N) is 1. The molecule has 0 amide bonds. The summed E-state index contributed by atoms with van der Waals surface area (Å²) >= 11 is 0. The minimum Gasteiger partial charge on any atom is -0.493 e. The summed E-state index contributed by atoms with van der Waals surface area (Å²) in [5.41, 5.74) is 0.181. The van der Waals surface area contributed by atoms with E-state index in [1.165, 1.54) is 0 Å². The molecule has 176 valence electrons. The summed E-state index contributed by atoms with van der Waals surface area (Å²) in [6.45, 7) is 10.7. The van der Waals surface area contributed by atoms with Gasteiger partial charge in [-0.2, -0.15) is 5.26 Å². The van der Waals surface area contributed by atoms with Crippen molar-refractivity contribution in [3.8, 4) is 17.6 Å². The van der Waals surface area contributed by atoms with Crippen LogP contribution in [-0.4, -0.2) is 35.1 Å². The van der Waals surface area contributed by atoms with Gasteiger partial charge in [0, 0.05) is 5.56 Å². The first-order valence-electron chi connectivity index (χ1n) is 11.1. The van der Waals surface area contributed by atoms with Gasteiger partial charge < -0.3 is 23.1 Å². The van der Waals surface area contributed by atoms with E-state index in [-0.39, 0.29) is 17.6 Å². The van der Waals surface area contributed by atoms with Gasteiger partial charge in [-0.15, -0.1) is 0 Å². The first kappa shape index (κ1) is 23.4. The number of methoxy groups -OCH3 is 2. The quantitative estimate of drug-likeness (QED) is 0.451. The maximum Gasteiger partial charge on any atom is 0.310 e. The van der Waals surface area contributed by atoms with Gasteiger partial charge in [-0.1, -0.05) is 26.8 Å². The van der Waals surface area contributed by atoms with Gasteiger partial charge in [0.15, 0.2) is 25.4 Å². The van der Waals surface area contributed by atoms with Gasteiger partial charge in [0.2, 0.25) is 0 Å². The maximum absolute atomic E-state index is 13.1. The fourth-order valence-corrected chi connectivity index (χ4v) is 6.18. The Bertz CT molecular complexity index is 1110. The van der Waals surface area contributed by atoms with Gasteiger partial charge in [0.05, 0.1) is 44.8 Å². The van der Waals surface area contributed by atoms with Crippen LogP contribution in [0.4, 0.5) is 0 Å². The average Bonchev–Trinajstić information content (AvgIpc) is 3.40. The number of fused-ring (bicyclic) bond motifs is 2. The molecule has 0 radical (unpaired) electrons. The molecule has 2 aromatic rings. The van der Waals surface area contributed by atoms with E-state index in [1.54, 1.807) is 26.5 Å². The van der Waals surface area contributed by atoms with E-state index in [0.717, 1.165) is 5.56 Å². The molecule has 7 nitrogen and oxygen atoms in total. The molecule has 0 bridgehead atoms. The number of esters is 1. The Hall–Kier alpha value is -2.76. The Labute approximate surface area is 195 Å². The Morgan fingerprint density at radius 3 is 2.45 bits per heavy atom. The van der Waals surface area contributed by atoms with Crippen LogP contribution in [0.15, 0.2) is 34.9 Å². The number of hydrogen-bond donors (Lipinski definition) is 0. The van der Waals surface area contributed by atoms with E-state index in [1.807, 2.05) is 18.2 Å². The molecule has 33 heavy (non-hydrogen) atoms. The fraction of sp³-hybridized carbons (Fsp3) is 0.520. The first-order chi connectivity index (χ1) is 15.5. The highest BCUT2D eigenvalue weighted by molar-refractivity contribution is 6.74. The van der Waals surface area contributed by atoms with Gasteiger partial charge in [-0.3, -0.25) is 4.79 Å². The molecule has 1 aliphatic heterocycles. The molecule has 0 saturated carbocycles. The number of nitriles is 1. The molecule has 1 aliphatic carbocycles. The van der Waals surface area contributed by atoms with Gasteiger partial charge >= 0.3 is 5.97 Å². The van der Waals surface area contributed by atoms with Crippen molar-refractivity contribution < 1.29 is 27.8 Å². The normalized spacial score (nSPS) is 26.7. The molecular weight excluding hydrogens is 438 g/mol. The molecule has 1 aromatic heterocycles. The highest BCUT2D eigenvalue weighted by Gasteiger charge is 2.63. The molecule has 2 heterocycles. The summed E-state index contributed by atoms with van der Waals surface area (Å²) < 4.78 is 29.2. The number of benzene rings is 1. The van der Waals surface area contributed by atoms with E-state index in [0.29, 0.717) is 22.8 Å². The fourth-order valence-electron chi connectivity index (χ4n) is 4.76. The van der Waals surface area contributed by atoms with Crippen molar-refractivity contribution in [2.75, 3.05) is 20.8 Å². The van der Waals surface area contributed by atoms with Crippen LogP contribution in [0.3, 0.4) is 0 Å². The summed E-state index contributed by atoms with van der Waals surface area (Å²) in [7, 11) is 0.741. The van der Waals surface area contributed by atoms with Crippen molar-refractivity contribution in [1.82, 2.24) is 0 Å². The molecule has 0 N–H and O–H groups in total. The molecule has 1 saturated heterocycles. The lowest BCUT2D eigenvalue weighted by molar-refractivity contribution is -0.142. The number of ether oxygens (including phenoxy) is 3. The van der Waals surface area contributed by atoms with Crippen LogP contribution in [0.1, 0.15) is 43.6 Å². The second-order valence-electron chi connectivity index (χ2n) is 10.3. The standard InChI is InChI=1S/C25H31NO6Si/c1-24(2,3)33(6,7)32-25(14-26)16-10-11-30-22(16)20(21-17(25)13-31-23(21)27)15-8-9-18(28-4)19(12-15)29-5/h8-12,17,20-21H,13H2,1-7H3. The second kappa shape index (κ2) is 7.92. The number of carbonyl (C=O) groups is 1. The zero-order chi connectivity index (χ0) is 24.2. The van der Waals surface area contributed by atoms with Crippen LogP contribution in [0, 0.1) is 23.2 Å².